The van der Waals surface area contributed by atoms with Gasteiger partial charge in [-0.25, -0.2) is 4.39 Å². The molecule has 1 fully saturated rings. The third-order valence-electron chi connectivity index (χ3n) is 3.97. The van der Waals surface area contributed by atoms with E-state index in [0.717, 1.165) is 0 Å². The smallest absolute Gasteiger partial charge is 0.233 e. The van der Waals surface area contributed by atoms with Gasteiger partial charge in [0.25, 0.3) is 0 Å². The zero-order valence-corrected chi connectivity index (χ0v) is 14.6. The fourth-order valence-corrected chi connectivity index (χ4v) is 3.96. The summed E-state index contributed by atoms with van der Waals surface area (Å²) in [6, 6.07) is 6.64. The van der Waals surface area contributed by atoms with Gasteiger partial charge in [0.15, 0.2) is 0 Å². The van der Waals surface area contributed by atoms with Crippen LogP contribution in [0.2, 0.25) is 0 Å². The average molecular weight is 338 g/mol. The maximum Gasteiger partial charge on any atom is 0.233 e. The van der Waals surface area contributed by atoms with Crippen LogP contribution in [0.3, 0.4) is 0 Å². The number of carbonyl (C=O) groups is 2. The average Bonchev–Trinajstić information content (AvgIpc) is 2.88. The van der Waals surface area contributed by atoms with Gasteiger partial charge in [-0.05, 0) is 19.9 Å². The van der Waals surface area contributed by atoms with Crippen molar-refractivity contribution in [2.45, 2.75) is 38.6 Å². The van der Waals surface area contributed by atoms with Gasteiger partial charge in [0, 0.05) is 31.1 Å². The summed E-state index contributed by atoms with van der Waals surface area (Å²) in [5.41, 5.74) is 0.529. The van der Waals surface area contributed by atoms with E-state index in [9.17, 15) is 14.0 Å². The van der Waals surface area contributed by atoms with Crippen molar-refractivity contribution in [2.24, 2.45) is 0 Å². The van der Waals surface area contributed by atoms with Gasteiger partial charge in [0.05, 0.1) is 5.75 Å². The summed E-state index contributed by atoms with van der Waals surface area (Å²) < 4.78 is 14.0. The van der Waals surface area contributed by atoms with Crippen molar-refractivity contribution in [2.75, 3.05) is 18.8 Å². The molecule has 2 rings (SSSR count). The van der Waals surface area contributed by atoms with E-state index in [-0.39, 0.29) is 29.0 Å². The molecule has 1 aromatic rings. The predicted octanol–water partition coefficient (Wildman–Crippen LogP) is 3.05. The molecule has 4 nitrogen and oxygen atoms in total. The molecule has 0 spiro atoms. The molecule has 1 aliphatic heterocycles. The highest BCUT2D eigenvalue weighted by Crippen LogP contribution is 2.39. The fourth-order valence-electron chi connectivity index (χ4n) is 2.72. The van der Waals surface area contributed by atoms with E-state index in [2.05, 4.69) is 0 Å². The lowest BCUT2D eigenvalue weighted by Gasteiger charge is -2.31. The quantitative estimate of drug-likeness (QED) is 0.800. The Balaban J connectivity index is 2.11. The highest BCUT2D eigenvalue weighted by molar-refractivity contribution is 8.00. The molecule has 1 atom stereocenters. The normalized spacial score (nSPS) is 17.9. The number of benzene rings is 1. The van der Waals surface area contributed by atoms with Gasteiger partial charge < -0.3 is 9.80 Å². The summed E-state index contributed by atoms with van der Waals surface area (Å²) in [6.45, 7) is 6.65. The van der Waals surface area contributed by atoms with Crippen molar-refractivity contribution in [3.05, 3.63) is 35.6 Å². The number of rotatable bonds is 6. The summed E-state index contributed by atoms with van der Waals surface area (Å²) in [6.07, 6.45) is 0.442. The van der Waals surface area contributed by atoms with Crippen molar-refractivity contribution < 1.29 is 14.0 Å². The van der Waals surface area contributed by atoms with E-state index in [4.69, 9.17) is 0 Å². The van der Waals surface area contributed by atoms with E-state index in [1.54, 1.807) is 28.0 Å². The Bertz CT molecular complexity index is 579. The molecule has 0 radical (unpaired) electrons. The van der Waals surface area contributed by atoms with Gasteiger partial charge >= 0.3 is 0 Å². The number of halogens is 1. The molecule has 23 heavy (non-hydrogen) atoms. The van der Waals surface area contributed by atoms with Gasteiger partial charge in [-0.2, -0.15) is 0 Å². The second-order valence-corrected chi connectivity index (χ2v) is 6.87. The lowest BCUT2D eigenvalue weighted by Crippen LogP contribution is -2.43. The number of carbonyl (C=O) groups excluding carboxylic acids is 2. The van der Waals surface area contributed by atoms with Crippen LogP contribution in [0.5, 0.6) is 0 Å². The fraction of sp³-hybridized carbons (Fsp3) is 0.529. The van der Waals surface area contributed by atoms with Gasteiger partial charge in [-0.3, -0.25) is 9.59 Å². The first-order valence-electron chi connectivity index (χ1n) is 7.90. The summed E-state index contributed by atoms with van der Waals surface area (Å²) in [5.74, 6) is 0.121. The maximum atomic E-state index is 14.0. The molecule has 1 heterocycles. The van der Waals surface area contributed by atoms with Crippen LogP contribution in [-0.4, -0.2) is 46.5 Å². The van der Waals surface area contributed by atoms with E-state index in [1.165, 1.54) is 17.8 Å². The molecule has 0 aromatic heterocycles. The summed E-state index contributed by atoms with van der Waals surface area (Å²) >= 11 is 1.43. The summed E-state index contributed by atoms with van der Waals surface area (Å²) in [7, 11) is 0. The molecule has 1 aliphatic rings. The monoisotopic (exact) mass is 338 g/mol. The van der Waals surface area contributed by atoms with Gasteiger partial charge in [-0.15, -0.1) is 11.8 Å². The zero-order valence-electron chi connectivity index (χ0n) is 13.8. The second kappa shape index (κ2) is 7.81. The first-order chi connectivity index (χ1) is 11.0. The molecule has 0 saturated carbocycles. The number of amides is 2. The molecule has 126 valence electrons. The maximum absolute atomic E-state index is 14.0. The second-order valence-electron chi connectivity index (χ2n) is 5.81. The van der Waals surface area contributed by atoms with Crippen molar-refractivity contribution in [1.29, 1.82) is 0 Å². The first kappa shape index (κ1) is 17.8. The van der Waals surface area contributed by atoms with Gasteiger partial charge in [0.2, 0.25) is 11.8 Å². The number of hydrogen-bond donors (Lipinski definition) is 0. The Labute approximate surface area is 141 Å². The van der Waals surface area contributed by atoms with E-state index in [1.807, 2.05) is 20.8 Å². The van der Waals surface area contributed by atoms with Crippen LogP contribution < -0.4 is 0 Å². The van der Waals surface area contributed by atoms with Crippen LogP contribution in [0, 0.1) is 5.82 Å². The minimum atomic E-state index is -0.311. The zero-order chi connectivity index (χ0) is 17.0. The number of nitrogens with zero attached hydrogens (tertiary/aromatic N) is 2. The molecule has 1 unspecified atom stereocenters. The third-order valence-corrected chi connectivity index (χ3v) is 5.21. The first-order valence-corrected chi connectivity index (χ1v) is 8.95. The van der Waals surface area contributed by atoms with Crippen molar-refractivity contribution >= 4 is 23.6 Å². The third kappa shape index (κ3) is 4.05. The standard InChI is InChI=1S/C17H23FN2O2S/c1-4-15(21)19(12(2)3)9-10-20-16(22)11-23-17(20)13-7-5-6-8-14(13)18/h5-8,12,17H,4,9-11H2,1-3H3. The van der Waals surface area contributed by atoms with Gasteiger partial charge in [0.1, 0.15) is 11.2 Å². The highest BCUT2D eigenvalue weighted by Gasteiger charge is 2.34. The largest absolute Gasteiger partial charge is 0.339 e. The van der Waals surface area contributed by atoms with Crippen LogP contribution in [0.4, 0.5) is 4.39 Å². The molecule has 0 bridgehead atoms. The van der Waals surface area contributed by atoms with Crippen LogP contribution in [0.25, 0.3) is 0 Å². The Kier molecular flexibility index (Phi) is 6.04. The molecule has 0 aliphatic carbocycles. The lowest BCUT2D eigenvalue weighted by atomic mass is 10.2. The Morgan fingerprint density at radius 1 is 1.43 bits per heavy atom. The van der Waals surface area contributed by atoms with E-state index < -0.39 is 0 Å². The summed E-state index contributed by atoms with van der Waals surface area (Å²) in [5, 5.41) is -0.311. The molecule has 1 aromatic carbocycles. The molecule has 6 heteroatoms. The Morgan fingerprint density at radius 3 is 2.74 bits per heavy atom. The predicted molar refractivity (Wildman–Crippen MR) is 90.5 cm³/mol. The molecule has 2 amide bonds. The highest BCUT2D eigenvalue weighted by atomic mass is 32.2. The van der Waals surface area contributed by atoms with Crippen molar-refractivity contribution in [3.63, 3.8) is 0 Å². The van der Waals surface area contributed by atoms with Crippen molar-refractivity contribution in [1.82, 2.24) is 9.80 Å². The molecule has 1 saturated heterocycles. The molecule has 0 N–H and O–H groups in total. The van der Waals surface area contributed by atoms with E-state index >= 15 is 0 Å². The van der Waals surface area contributed by atoms with Gasteiger partial charge in [-0.1, -0.05) is 25.1 Å². The minimum absolute atomic E-state index is 0.00379. The number of thioether (sulfide) groups is 1. The van der Waals surface area contributed by atoms with Crippen molar-refractivity contribution in [3.8, 4) is 0 Å². The lowest BCUT2D eigenvalue weighted by molar-refractivity contribution is -0.135. The topological polar surface area (TPSA) is 40.6 Å². The van der Waals surface area contributed by atoms with Crippen LogP contribution >= 0.6 is 11.8 Å². The number of hydrogen-bond acceptors (Lipinski definition) is 3. The van der Waals surface area contributed by atoms with Crippen LogP contribution in [0.1, 0.15) is 38.1 Å². The molecular formula is C17H23FN2O2S. The molecular weight excluding hydrogens is 315 g/mol. The van der Waals surface area contributed by atoms with E-state index in [0.29, 0.717) is 30.8 Å². The van der Waals surface area contributed by atoms with Crippen LogP contribution in [0.15, 0.2) is 24.3 Å². The Morgan fingerprint density at radius 2 is 2.13 bits per heavy atom. The minimum Gasteiger partial charge on any atom is -0.339 e. The van der Waals surface area contributed by atoms with Crippen LogP contribution in [-0.2, 0) is 9.59 Å². The summed E-state index contributed by atoms with van der Waals surface area (Å²) in [4.78, 5) is 27.6. The Hall–Kier alpha value is -1.56. The SMILES string of the molecule is CCC(=O)N(CCN1C(=O)CSC1c1ccccc1F)C(C)C.